The normalized spacial score (nSPS) is 13.1. The Morgan fingerprint density at radius 2 is 1.50 bits per heavy atom. The third-order valence-corrected chi connectivity index (χ3v) is 4.22. The van der Waals surface area contributed by atoms with Gasteiger partial charge in [-0.05, 0) is 31.0 Å². The summed E-state index contributed by atoms with van der Waals surface area (Å²) < 4.78 is 0. The highest BCUT2D eigenvalue weighted by Gasteiger charge is 2.26. The number of likely N-dealkylation sites (N-methyl/N-ethyl adjacent to an activating group) is 2. The van der Waals surface area contributed by atoms with Crippen LogP contribution in [0.4, 0.5) is 0 Å². The van der Waals surface area contributed by atoms with E-state index in [0.717, 1.165) is 17.4 Å². The fourth-order valence-corrected chi connectivity index (χ4v) is 2.70. The number of amides is 1. The summed E-state index contributed by atoms with van der Waals surface area (Å²) in [5.41, 5.74) is 2.13. The van der Waals surface area contributed by atoms with Crippen molar-refractivity contribution in [2.45, 2.75) is 24.9 Å². The average Bonchev–Trinajstić information content (AvgIpc) is 2.64. The van der Waals surface area contributed by atoms with Gasteiger partial charge in [0.1, 0.15) is 6.29 Å². The fraction of sp³-hybridized carbons (Fsp3) is 0.300. The number of hydrogen-bond acceptors (Lipinski definition) is 3. The maximum Gasteiger partial charge on any atom is 0.240 e. The summed E-state index contributed by atoms with van der Waals surface area (Å²) in [6.07, 6.45) is 1.96. The lowest BCUT2D eigenvalue weighted by Crippen LogP contribution is -2.49. The van der Waals surface area contributed by atoms with Gasteiger partial charge in [0.2, 0.25) is 5.91 Å². The van der Waals surface area contributed by atoms with Gasteiger partial charge in [0, 0.05) is 7.05 Å². The SMILES string of the molecule is CN[C@@H](Cc1ccccc1)C(=O)N(C)[C@H](C=O)Cc1ccccc1. The van der Waals surface area contributed by atoms with Gasteiger partial charge in [-0.2, -0.15) is 0 Å². The second-order valence-corrected chi connectivity index (χ2v) is 5.87. The minimum Gasteiger partial charge on any atom is -0.334 e. The maximum atomic E-state index is 12.8. The van der Waals surface area contributed by atoms with Gasteiger partial charge in [-0.1, -0.05) is 60.7 Å². The highest BCUT2D eigenvalue weighted by molar-refractivity contribution is 5.84. The summed E-state index contributed by atoms with van der Waals surface area (Å²) in [5.74, 6) is -0.0746. The maximum absolute atomic E-state index is 12.8. The molecular formula is C20H24N2O2. The molecule has 1 amide bonds. The third kappa shape index (κ3) is 4.77. The van der Waals surface area contributed by atoms with E-state index < -0.39 is 6.04 Å². The van der Waals surface area contributed by atoms with Gasteiger partial charge >= 0.3 is 0 Å². The Hall–Kier alpha value is -2.46. The van der Waals surface area contributed by atoms with E-state index >= 15 is 0 Å². The lowest BCUT2D eigenvalue weighted by atomic mass is 10.0. The van der Waals surface area contributed by atoms with Crippen molar-refractivity contribution in [1.29, 1.82) is 0 Å². The predicted molar refractivity (Wildman–Crippen MR) is 95.8 cm³/mol. The quantitative estimate of drug-likeness (QED) is 0.757. The van der Waals surface area contributed by atoms with Gasteiger partial charge in [0.15, 0.2) is 0 Å². The molecule has 1 N–H and O–H groups in total. The van der Waals surface area contributed by atoms with Crippen LogP contribution in [0.1, 0.15) is 11.1 Å². The standard InChI is InChI=1S/C20H24N2O2/c1-21-19(14-17-11-7-4-8-12-17)20(24)22(2)18(15-23)13-16-9-5-3-6-10-16/h3-12,15,18-19,21H,13-14H2,1-2H3/t18-,19-/m0/s1. The zero-order chi connectivity index (χ0) is 17.4. The fourth-order valence-electron chi connectivity index (χ4n) is 2.70. The number of aldehydes is 1. The Morgan fingerprint density at radius 1 is 1.00 bits per heavy atom. The van der Waals surface area contributed by atoms with Gasteiger partial charge in [0.05, 0.1) is 12.1 Å². The van der Waals surface area contributed by atoms with Crippen molar-refractivity contribution in [2.75, 3.05) is 14.1 Å². The van der Waals surface area contributed by atoms with Crippen LogP contribution >= 0.6 is 0 Å². The summed E-state index contributed by atoms with van der Waals surface area (Å²) in [6, 6.07) is 18.8. The molecule has 0 radical (unpaired) electrons. The molecule has 2 aromatic rings. The zero-order valence-electron chi connectivity index (χ0n) is 14.2. The predicted octanol–water partition coefficient (Wildman–Crippen LogP) is 2.09. The smallest absolute Gasteiger partial charge is 0.240 e. The van der Waals surface area contributed by atoms with Crippen molar-refractivity contribution in [3.8, 4) is 0 Å². The molecule has 0 aliphatic carbocycles. The van der Waals surface area contributed by atoms with Crippen LogP contribution in [0.15, 0.2) is 60.7 Å². The van der Waals surface area contributed by atoms with E-state index in [1.807, 2.05) is 60.7 Å². The molecule has 4 nitrogen and oxygen atoms in total. The van der Waals surface area contributed by atoms with Gasteiger partial charge in [-0.25, -0.2) is 0 Å². The van der Waals surface area contributed by atoms with Crippen molar-refractivity contribution in [3.05, 3.63) is 71.8 Å². The summed E-state index contributed by atoms with van der Waals surface area (Å²) in [6.45, 7) is 0. The van der Waals surface area contributed by atoms with E-state index in [1.165, 1.54) is 0 Å². The molecule has 24 heavy (non-hydrogen) atoms. The third-order valence-electron chi connectivity index (χ3n) is 4.22. The van der Waals surface area contributed by atoms with Gasteiger partial charge in [-0.3, -0.25) is 4.79 Å². The van der Waals surface area contributed by atoms with E-state index in [1.54, 1.807) is 19.0 Å². The second-order valence-electron chi connectivity index (χ2n) is 5.87. The lowest BCUT2D eigenvalue weighted by Gasteiger charge is -2.28. The Bertz CT molecular complexity index is 643. The van der Waals surface area contributed by atoms with E-state index in [2.05, 4.69) is 5.32 Å². The molecule has 0 unspecified atom stereocenters. The number of carbonyl (C=O) groups is 2. The molecule has 0 saturated heterocycles. The van der Waals surface area contributed by atoms with Crippen LogP contribution in [0.3, 0.4) is 0 Å². The number of hydrogen-bond donors (Lipinski definition) is 1. The Balaban J connectivity index is 2.05. The summed E-state index contributed by atoms with van der Waals surface area (Å²) in [7, 11) is 3.46. The van der Waals surface area contributed by atoms with E-state index in [0.29, 0.717) is 12.8 Å². The molecule has 0 heterocycles. The first-order valence-corrected chi connectivity index (χ1v) is 8.12. The summed E-state index contributed by atoms with van der Waals surface area (Å²) >= 11 is 0. The first-order chi connectivity index (χ1) is 11.7. The molecule has 0 aliphatic rings. The van der Waals surface area contributed by atoms with Crippen molar-refractivity contribution >= 4 is 12.2 Å². The summed E-state index contributed by atoms with van der Waals surface area (Å²) in [5, 5.41) is 3.07. The molecule has 0 bridgehead atoms. The van der Waals surface area contributed by atoms with Crippen LogP contribution in [0.2, 0.25) is 0 Å². The van der Waals surface area contributed by atoms with Crippen LogP contribution in [0, 0.1) is 0 Å². The van der Waals surface area contributed by atoms with Crippen LogP contribution in [0.25, 0.3) is 0 Å². The first kappa shape index (κ1) is 17.9. The highest BCUT2D eigenvalue weighted by atomic mass is 16.2. The Kier molecular flexibility index (Phi) is 6.70. The largest absolute Gasteiger partial charge is 0.334 e. The Labute approximate surface area is 143 Å². The second kappa shape index (κ2) is 8.99. The molecule has 2 rings (SSSR count). The number of carbonyl (C=O) groups excluding carboxylic acids is 2. The first-order valence-electron chi connectivity index (χ1n) is 8.12. The molecule has 2 aromatic carbocycles. The van der Waals surface area contributed by atoms with E-state index in [-0.39, 0.29) is 11.9 Å². The van der Waals surface area contributed by atoms with Crippen molar-refractivity contribution < 1.29 is 9.59 Å². The average molecular weight is 324 g/mol. The molecule has 126 valence electrons. The molecule has 0 aromatic heterocycles. The van der Waals surface area contributed by atoms with Gasteiger partial charge in [0.25, 0.3) is 0 Å². The monoisotopic (exact) mass is 324 g/mol. The van der Waals surface area contributed by atoms with Crippen molar-refractivity contribution in [2.24, 2.45) is 0 Å². The van der Waals surface area contributed by atoms with Crippen molar-refractivity contribution in [3.63, 3.8) is 0 Å². The van der Waals surface area contributed by atoms with Crippen LogP contribution in [-0.4, -0.2) is 43.3 Å². The molecule has 0 fully saturated rings. The number of nitrogens with one attached hydrogen (secondary N) is 1. The highest BCUT2D eigenvalue weighted by Crippen LogP contribution is 2.10. The zero-order valence-corrected chi connectivity index (χ0v) is 14.2. The molecular weight excluding hydrogens is 300 g/mol. The van der Waals surface area contributed by atoms with E-state index in [9.17, 15) is 9.59 Å². The summed E-state index contributed by atoms with van der Waals surface area (Å²) in [4.78, 5) is 25.8. The minimum absolute atomic E-state index is 0.0746. The molecule has 0 aliphatic heterocycles. The van der Waals surface area contributed by atoms with Gasteiger partial charge < -0.3 is 15.0 Å². The lowest BCUT2D eigenvalue weighted by molar-refractivity contribution is -0.136. The van der Waals surface area contributed by atoms with Gasteiger partial charge in [-0.15, -0.1) is 0 Å². The number of rotatable bonds is 8. The molecule has 0 saturated carbocycles. The van der Waals surface area contributed by atoms with E-state index in [4.69, 9.17) is 0 Å². The van der Waals surface area contributed by atoms with Crippen molar-refractivity contribution in [1.82, 2.24) is 10.2 Å². The van der Waals surface area contributed by atoms with Crippen LogP contribution in [0.5, 0.6) is 0 Å². The Morgan fingerprint density at radius 3 is 1.96 bits per heavy atom. The number of benzene rings is 2. The number of nitrogens with zero attached hydrogens (tertiary/aromatic N) is 1. The topological polar surface area (TPSA) is 49.4 Å². The molecule has 0 spiro atoms. The van der Waals surface area contributed by atoms with Crippen LogP contribution in [-0.2, 0) is 22.4 Å². The minimum atomic E-state index is -0.466. The molecule has 2 atom stereocenters. The molecule has 4 heteroatoms. The van der Waals surface area contributed by atoms with Crippen LogP contribution < -0.4 is 5.32 Å².